The molecule has 3 nitrogen and oxygen atoms in total. The molecule has 106 valence electrons. The second-order valence-corrected chi connectivity index (χ2v) is 5.05. The molecule has 0 fully saturated rings. The van der Waals surface area contributed by atoms with E-state index in [1.165, 1.54) is 16.3 Å². The number of H-pyrrole nitrogens is 1. The van der Waals surface area contributed by atoms with Crippen molar-refractivity contribution in [2.45, 2.75) is 33.2 Å². The number of halogens is 1. The number of hydrogen-bond acceptors (Lipinski definition) is 1. The lowest BCUT2D eigenvalue weighted by Crippen LogP contribution is -2.02. The van der Waals surface area contributed by atoms with Crippen molar-refractivity contribution in [1.82, 2.24) is 9.55 Å². The van der Waals surface area contributed by atoms with Crippen molar-refractivity contribution in [3.05, 3.63) is 46.4 Å². The maximum atomic E-state index is 11.7. The molecule has 0 spiro atoms. The van der Waals surface area contributed by atoms with Crippen LogP contribution in [0.25, 0.3) is 21.8 Å². The first-order chi connectivity index (χ1) is 9.22. The largest absolute Gasteiger partial charge is 0.364 e. The van der Waals surface area contributed by atoms with E-state index in [0.29, 0.717) is 0 Å². The van der Waals surface area contributed by atoms with Crippen molar-refractivity contribution in [2.24, 2.45) is 0 Å². The summed E-state index contributed by atoms with van der Waals surface area (Å²) in [5.41, 5.74) is 3.50. The van der Waals surface area contributed by atoms with Gasteiger partial charge in [-0.05, 0) is 31.5 Å². The molecule has 0 aliphatic carbocycles. The Morgan fingerprint density at radius 1 is 1.20 bits per heavy atom. The summed E-state index contributed by atoms with van der Waals surface area (Å²) in [4.78, 5) is 14.9. The summed E-state index contributed by atoms with van der Waals surface area (Å²) in [6, 6.07) is 7.45. The van der Waals surface area contributed by atoms with Crippen LogP contribution in [0.15, 0.2) is 35.3 Å². The molecule has 3 rings (SSSR count). The van der Waals surface area contributed by atoms with Crippen molar-refractivity contribution in [1.29, 1.82) is 0 Å². The minimum absolute atomic E-state index is 0. The number of nitrogens with zero attached hydrogens (tertiary/aromatic N) is 1. The van der Waals surface area contributed by atoms with E-state index in [4.69, 9.17) is 0 Å². The van der Waals surface area contributed by atoms with Gasteiger partial charge < -0.3 is 9.55 Å². The molecule has 0 aliphatic rings. The van der Waals surface area contributed by atoms with Gasteiger partial charge in [-0.2, -0.15) is 0 Å². The van der Waals surface area contributed by atoms with Crippen LogP contribution >= 0.6 is 17.0 Å². The van der Waals surface area contributed by atoms with Gasteiger partial charge in [0.2, 0.25) is 0 Å². The molecule has 20 heavy (non-hydrogen) atoms. The Labute approximate surface area is 128 Å². The van der Waals surface area contributed by atoms with Gasteiger partial charge in [0.25, 0.3) is 0 Å². The van der Waals surface area contributed by atoms with Crippen LogP contribution in [0.2, 0.25) is 0 Å². The minimum Gasteiger partial charge on any atom is -0.364 e. The Balaban J connectivity index is 0.00000147. The Morgan fingerprint density at radius 3 is 2.75 bits per heavy atom. The van der Waals surface area contributed by atoms with Crippen LogP contribution in [-0.2, 0) is 6.54 Å². The zero-order valence-corrected chi connectivity index (χ0v) is 13.5. The van der Waals surface area contributed by atoms with E-state index in [-0.39, 0.29) is 22.4 Å². The smallest absolute Gasteiger partial charge is 0.180 e. The van der Waals surface area contributed by atoms with Gasteiger partial charge in [-0.1, -0.05) is 13.3 Å². The summed E-state index contributed by atoms with van der Waals surface area (Å²) < 4.78 is 2.28. The minimum atomic E-state index is 0. The summed E-state index contributed by atoms with van der Waals surface area (Å²) in [6.45, 7) is 5.23. The summed E-state index contributed by atoms with van der Waals surface area (Å²) in [5.74, 6) is 0. The highest BCUT2D eigenvalue weighted by molar-refractivity contribution is 8.93. The summed E-state index contributed by atoms with van der Waals surface area (Å²) in [7, 11) is 0. The lowest BCUT2D eigenvalue weighted by Gasteiger charge is -2.07. The molecular formula is C16H19BrN2O. The van der Waals surface area contributed by atoms with Gasteiger partial charge >= 0.3 is 0 Å². The van der Waals surface area contributed by atoms with E-state index in [0.717, 1.165) is 30.6 Å². The molecule has 1 N–H and O–H groups in total. The maximum Gasteiger partial charge on any atom is 0.180 e. The highest BCUT2D eigenvalue weighted by atomic mass is 79.9. The summed E-state index contributed by atoms with van der Waals surface area (Å²) >= 11 is 0. The molecule has 2 heterocycles. The van der Waals surface area contributed by atoms with Crippen LogP contribution in [0.4, 0.5) is 0 Å². The van der Waals surface area contributed by atoms with Crippen molar-refractivity contribution in [3.63, 3.8) is 0 Å². The summed E-state index contributed by atoms with van der Waals surface area (Å²) in [6.07, 6.45) is 4.23. The van der Waals surface area contributed by atoms with Crippen molar-refractivity contribution in [2.75, 3.05) is 0 Å². The van der Waals surface area contributed by atoms with Gasteiger partial charge in [-0.3, -0.25) is 4.79 Å². The molecular weight excluding hydrogens is 316 g/mol. The van der Waals surface area contributed by atoms with Gasteiger partial charge in [0, 0.05) is 35.3 Å². The van der Waals surface area contributed by atoms with Crippen molar-refractivity contribution < 1.29 is 0 Å². The SMILES string of the molecule is Br.CCCCn1c2cc(=O)ccc2c2cc[nH]c(C)c21. The molecule has 0 radical (unpaired) electrons. The molecule has 1 aromatic carbocycles. The third kappa shape index (κ3) is 2.29. The van der Waals surface area contributed by atoms with Crippen LogP contribution in [0, 0.1) is 6.92 Å². The van der Waals surface area contributed by atoms with E-state index < -0.39 is 0 Å². The predicted octanol–water partition coefficient (Wildman–Crippen LogP) is 4.17. The van der Waals surface area contributed by atoms with Gasteiger partial charge in [-0.15, -0.1) is 17.0 Å². The number of nitrogens with one attached hydrogen (secondary N) is 1. The third-order valence-electron chi connectivity index (χ3n) is 3.72. The number of fused-ring (bicyclic) bond motifs is 3. The number of aromatic nitrogens is 2. The number of hydrogen-bond donors (Lipinski definition) is 1. The quantitative estimate of drug-likeness (QED) is 0.766. The Kier molecular flexibility index (Phi) is 4.33. The number of unbranched alkanes of at least 4 members (excludes halogenated alkanes) is 1. The second kappa shape index (κ2) is 5.83. The molecule has 2 aromatic heterocycles. The normalized spacial score (nSPS) is 10.9. The molecule has 0 amide bonds. The molecule has 0 bridgehead atoms. The van der Waals surface area contributed by atoms with Gasteiger partial charge in [-0.25, -0.2) is 0 Å². The highest BCUT2D eigenvalue weighted by Gasteiger charge is 2.12. The number of rotatable bonds is 3. The van der Waals surface area contributed by atoms with Gasteiger partial charge in [0.05, 0.1) is 11.0 Å². The van der Waals surface area contributed by atoms with E-state index in [1.807, 2.05) is 12.3 Å². The fraction of sp³-hybridized carbons (Fsp3) is 0.312. The van der Waals surface area contributed by atoms with E-state index >= 15 is 0 Å². The average molecular weight is 335 g/mol. The Morgan fingerprint density at radius 2 is 2.00 bits per heavy atom. The van der Waals surface area contributed by atoms with Crippen molar-refractivity contribution >= 4 is 38.8 Å². The lowest BCUT2D eigenvalue weighted by atomic mass is 10.2. The molecule has 0 unspecified atom stereocenters. The van der Waals surface area contributed by atoms with Crippen LogP contribution < -0.4 is 5.43 Å². The molecule has 0 saturated heterocycles. The zero-order valence-electron chi connectivity index (χ0n) is 11.8. The van der Waals surface area contributed by atoms with Crippen LogP contribution in [0.5, 0.6) is 0 Å². The standard InChI is InChI=1S/C16H18N2O.BrH/c1-3-4-9-18-15-10-12(19)5-6-13(15)14-7-8-17-11(2)16(14)18;/h5-8,10,17H,3-4,9H2,1-2H3;1H. The molecule has 0 aliphatic heterocycles. The number of aryl methyl sites for hydroxylation is 2. The number of benzene rings is 1. The average Bonchev–Trinajstić information content (AvgIpc) is 2.71. The third-order valence-corrected chi connectivity index (χ3v) is 3.72. The number of aromatic amines is 1. The Hall–Kier alpha value is -1.55. The Bertz CT molecular complexity index is 801. The monoisotopic (exact) mass is 334 g/mol. The van der Waals surface area contributed by atoms with Crippen LogP contribution in [0.3, 0.4) is 0 Å². The van der Waals surface area contributed by atoms with E-state index in [9.17, 15) is 4.79 Å². The molecule has 3 aromatic rings. The predicted molar refractivity (Wildman–Crippen MR) is 90.0 cm³/mol. The topological polar surface area (TPSA) is 37.8 Å². The molecule has 0 saturated carbocycles. The lowest BCUT2D eigenvalue weighted by molar-refractivity contribution is 0.663. The van der Waals surface area contributed by atoms with Gasteiger partial charge in [0.15, 0.2) is 5.43 Å². The summed E-state index contributed by atoms with van der Waals surface area (Å²) in [5, 5.41) is 2.39. The maximum absolute atomic E-state index is 11.7. The highest BCUT2D eigenvalue weighted by Crippen LogP contribution is 2.29. The number of pyridine rings is 1. The first-order valence-corrected chi connectivity index (χ1v) is 6.82. The molecule has 4 heteroatoms. The first-order valence-electron chi connectivity index (χ1n) is 6.82. The van der Waals surface area contributed by atoms with E-state index in [2.05, 4.69) is 29.5 Å². The first kappa shape index (κ1) is 14.9. The van der Waals surface area contributed by atoms with Crippen LogP contribution in [0.1, 0.15) is 25.5 Å². The second-order valence-electron chi connectivity index (χ2n) is 5.05. The van der Waals surface area contributed by atoms with Gasteiger partial charge in [0.1, 0.15) is 0 Å². The van der Waals surface area contributed by atoms with E-state index in [1.54, 1.807) is 12.1 Å². The fourth-order valence-corrected chi connectivity index (χ4v) is 2.80. The van der Waals surface area contributed by atoms with Crippen LogP contribution in [-0.4, -0.2) is 9.55 Å². The fourth-order valence-electron chi connectivity index (χ4n) is 2.80. The molecule has 0 atom stereocenters. The zero-order chi connectivity index (χ0) is 13.4. The van der Waals surface area contributed by atoms with Crippen molar-refractivity contribution in [3.8, 4) is 0 Å².